The van der Waals surface area contributed by atoms with Crippen LogP contribution in [0.15, 0.2) is 60.9 Å². The predicted molar refractivity (Wildman–Crippen MR) is 122 cm³/mol. The highest BCUT2D eigenvalue weighted by Gasteiger charge is 2.15. The zero-order chi connectivity index (χ0) is 23.1. The maximum atomic E-state index is 11.6. The molecule has 0 aliphatic carbocycles. The molecular formula is C25H27N3O4. The number of aliphatic hydroxyl groups is 2. The summed E-state index contributed by atoms with van der Waals surface area (Å²) in [6.07, 6.45) is 1.97. The van der Waals surface area contributed by atoms with Crippen LogP contribution in [-0.2, 0) is 4.79 Å². The van der Waals surface area contributed by atoms with Crippen molar-refractivity contribution >= 4 is 5.91 Å². The molecule has 0 bridgehead atoms. The summed E-state index contributed by atoms with van der Waals surface area (Å²) in [5, 5.41) is 22.1. The topological polar surface area (TPSA) is 96.6 Å². The molecule has 0 radical (unpaired) electrons. The highest BCUT2D eigenvalue weighted by molar-refractivity contribution is 5.80. The lowest BCUT2D eigenvalue weighted by Crippen LogP contribution is -2.33. The van der Waals surface area contributed by atoms with Crippen molar-refractivity contribution in [1.82, 2.24) is 14.9 Å². The van der Waals surface area contributed by atoms with Gasteiger partial charge in [-0.3, -0.25) is 4.79 Å². The minimum atomic E-state index is -0.746. The van der Waals surface area contributed by atoms with Gasteiger partial charge in [-0.15, -0.1) is 0 Å². The summed E-state index contributed by atoms with van der Waals surface area (Å²) in [5.74, 6) is 7.03. The molecule has 7 heteroatoms. The first kappa shape index (κ1) is 23.1. The molecule has 1 unspecified atom stereocenters. The number of nitrogens with one attached hydrogen (secondary N) is 1. The standard InChI is InChI=1S/C25H27N3O4/c1-17(30)24-27-14-15-28(24)22(16-29)11-6-19-4-7-20(8-5-19)21-9-12-23(13-10-21)32-18(2)25(31)26-3/h4-5,7-10,12-15,17-18,22,29-30H,16H2,1-3H3,(H,26,31)/t17-,18?,22-/m0/s1. The zero-order valence-electron chi connectivity index (χ0n) is 18.3. The van der Waals surface area contributed by atoms with E-state index in [4.69, 9.17) is 4.74 Å². The van der Waals surface area contributed by atoms with E-state index in [9.17, 15) is 15.0 Å². The summed E-state index contributed by atoms with van der Waals surface area (Å²) < 4.78 is 7.30. The summed E-state index contributed by atoms with van der Waals surface area (Å²) >= 11 is 0. The highest BCUT2D eigenvalue weighted by atomic mass is 16.5. The van der Waals surface area contributed by atoms with Gasteiger partial charge in [-0.2, -0.15) is 0 Å². The number of likely N-dealkylation sites (N-methyl/N-ethyl adjacent to an activating group) is 1. The van der Waals surface area contributed by atoms with Gasteiger partial charge in [0.2, 0.25) is 0 Å². The Kier molecular flexibility index (Phi) is 7.66. The van der Waals surface area contributed by atoms with Crippen molar-refractivity contribution in [3.05, 3.63) is 72.3 Å². The van der Waals surface area contributed by atoms with Gasteiger partial charge in [-0.1, -0.05) is 36.1 Å². The van der Waals surface area contributed by atoms with E-state index >= 15 is 0 Å². The molecule has 0 saturated carbocycles. The molecule has 3 aromatic rings. The van der Waals surface area contributed by atoms with Gasteiger partial charge in [-0.05, 0) is 49.2 Å². The lowest BCUT2D eigenvalue weighted by atomic mass is 10.0. The van der Waals surface area contributed by atoms with Gasteiger partial charge in [0.1, 0.15) is 23.7 Å². The third-order valence-electron chi connectivity index (χ3n) is 4.97. The maximum Gasteiger partial charge on any atom is 0.260 e. The van der Waals surface area contributed by atoms with Crippen molar-refractivity contribution in [2.24, 2.45) is 0 Å². The SMILES string of the molecule is CNC(=O)C(C)Oc1ccc(-c2ccc(C#C[C@@H](CO)n3ccnc3[C@H](C)O)cc2)cc1. The molecule has 0 aliphatic heterocycles. The van der Waals surface area contributed by atoms with Gasteiger partial charge >= 0.3 is 0 Å². The molecule has 2 aromatic carbocycles. The summed E-state index contributed by atoms with van der Waals surface area (Å²) in [7, 11) is 1.58. The van der Waals surface area contributed by atoms with Crippen LogP contribution in [0.2, 0.25) is 0 Å². The summed E-state index contributed by atoms with van der Waals surface area (Å²) in [4.78, 5) is 15.7. The minimum absolute atomic E-state index is 0.177. The molecule has 0 saturated heterocycles. The van der Waals surface area contributed by atoms with Crippen molar-refractivity contribution in [3.63, 3.8) is 0 Å². The quantitative estimate of drug-likeness (QED) is 0.498. The number of ether oxygens (including phenoxy) is 1. The van der Waals surface area contributed by atoms with Crippen molar-refractivity contribution in [2.75, 3.05) is 13.7 Å². The molecule has 0 aliphatic rings. The van der Waals surface area contributed by atoms with Gasteiger partial charge < -0.3 is 24.8 Å². The van der Waals surface area contributed by atoms with E-state index in [0.29, 0.717) is 11.6 Å². The second-order valence-electron chi connectivity index (χ2n) is 7.31. The second kappa shape index (κ2) is 10.6. The Balaban J connectivity index is 1.70. The minimum Gasteiger partial charge on any atom is -0.481 e. The fourth-order valence-electron chi connectivity index (χ4n) is 3.21. The Labute approximate surface area is 187 Å². The number of hydrogen-bond acceptors (Lipinski definition) is 5. The number of carbonyl (C=O) groups is 1. The Morgan fingerprint density at radius 3 is 2.31 bits per heavy atom. The first-order valence-electron chi connectivity index (χ1n) is 10.3. The van der Waals surface area contributed by atoms with Crippen LogP contribution in [0.25, 0.3) is 11.1 Å². The molecule has 3 N–H and O–H groups in total. The highest BCUT2D eigenvalue weighted by Crippen LogP contribution is 2.23. The monoisotopic (exact) mass is 433 g/mol. The molecule has 7 nitrogen and oxygen atoms in total. The number of benzene rings is 2. The largest absolute Gasteiger partial charge is 0.481 e. The van der Waals surface area contributed by atoms with E-state index in [-0.39, 0.29) is 12.5 Å². The van der Waals surface area contributed by atoms with Crippen LogP contribution in [0.4, 0.5) is 0 Å². The maximum absolute atomic E-state index is 11.6. The number of amides is 1. The lowest BCUT2D eigenvalue weighted by Gasteiger charge is -2.14. The molecule has 1 heterocycles. The number of rotatable bonds is 7. The zero-order valence-corrected chi connectivity index (χ0v) is 18.3. The van der Waals surface area contributed by atoms with Crippen molar-refractivity contribution in [3.8, 4) is 28.7 Å². The molecule has 166 valence electrons. The Hall–Kier alpha value is -3.60. The Morgan fingerprint density at radius 2 is 1.75 bits per heavy atom. The van der Waals surface area contributed by atoms with E-state index in [2.05, 4.69) is 22.1 Å². The van der Waals surface area contributed by atoms with Crippen molar-refractivity contribution < 1.29 is 19.7 Å². The first-order valence-corrected chi connectivity index (χ1v) is 10.3. The lowest BCUT2D eigenvalue weighted by molar-refractivity contribution is -0.126. The summed E-state index contributed by atoms with van der Waals surface area (Å²) in [6.45, 7) is 3.14. The van der Waals surface area contributed by atoms with E-state index < -0.39 is 18.2 Å². The second-order valence-corrected chi connectivity index (χ2v) is 7.31. The van der Waals surface area contributed by atoms with Crippen LogP contribution in [0, 0.1) is 11.8 Å². The number of imidazole rings is 1. The number of aliphatic hydroxyl groups excluding tert-OH is 2. The van der Waals surface area contributed by atoms with E-state index in [1.807, 2.05) is 48.5 Å². The number of hydrogen-bond donors (Lipinski definition) is 3. The number of aromatic nitrogens is 2. The Bertz CT molecular complexity index is 1090. The van der Waals surface area contributed by atoms with Gasteiger partial charge in [-0.25, -0.2) is 4.98 Å². The average Bonchev–Trinajstić information content (AvgIpc) is 3.30. The fourth-order valence-corrected chi connectivity index (χ4v) is 3.21. The predicted octanol–water partition coefficient (Wildman–Crippen LogP) is 2.70. The van der Waals surface area contributed by atoms with E-state index in [0.717, 1.165) is 16.7 Å². The molecule has 3 atom stereocenters. The molecule has 0 fully saturated rings. The molecule has 0 spiro atoms. The first-order chi connectivity index (χ1) is 15.4. The van der Waals surface area contributed by atoms with Crippen LogP contribution >= 0.6 is 0 Å². The van der Waals surface area contributed by atoms with Gasteiger partial charge in [0.25, 0.3) is 5.91 Å². The van der Waals surface area contributed by atoms with E-state index in [1.54, 1.807) is 37.9 Å². The summed E-state index contributed by atoms with van der Waals surface area (Å²) in [5.41, 5.74) is 2.84. The molecule has 32 heavy (non-hydrogen) atoms. The molecule has 1 amide bonds. The van der Waals surface area contributed by atoms with Crippen LogP contribution in [0.3, 0.4) is 0 Å². The third kappa shape index (κ3) is 5.55. The number of carbonyl (C=O) groups excluding carboxylic acids is 1. The molecular weight excluding hydrogens is 406 g/mol. The van der Waals surface area contributed by atoms with Crippen LogP contribution in [0.1, 0.15) is 37.4 Å². The van der Waals surface area contributed by atoms with Crippen LogP contribution in [-0.4, -0.2) is 45.4 Å². The Morgan fingerprint density at radius 1 is 1.12 bits per heavy atom. The van der Waals surface area contributed by atoms with Crippen LogP contribution in [0.5, 0.6) is 5.75 Å². The van der Waals surface area contributed by atoms with Crippen LogP contribution < -0.4 is 10.1 Å². The van der Waals surface area contributed by atoms with Crippen molar-refractivity contribution in [2.45, 2.75) is 32.1 Å². The molecule has 1 aromatic heterocycles. The molecule has 3 rings (SSSR count). The van der Waals surface area contributed by atoms with Gasteiger partial charge in [0, 0.05) is 25.0 Å². The number of nitrogens with zero attached hydrogens (tertiary/aromatic N) is 2. The summed E-state index contributed by atoms with van der Waals surface area (Å²) in [6, 6.07) is 14.8. The smallest absolute Gasteiger partial charge is 0.260 e. The van der Waals surface area contributed by atoms with E-state index in [1.165, 1.54) is 0 Å². The average molecular weight is 434 g/mol. The third-order valence-corrected chi connectivity index (χ3v) is 4.97. The van der Waals surface area contributed by atoms with Gasteiger partial charge in [0.15, 0.2) is 6.10 Å². The normalized spacial score (nSPS) is 13.4. The van der Waals surface area contributed by atoms with Gasteiger partial charge in [0.05, 0.1) is 6.61 Å². The van der Waals surface area contributed by atoms with Crippen molar-refractivity contribution in [1.29, 1.82) is 0 Å². The fraction of sp³-hybridized carbons (Fsp3) is 0.280.